The fourth-order valence-electron chi connectivity index (χ4n) is 3.10. The van der Waals surface area contributed by atoms with Gasteiger partial charge in [0.1, 0.15) is 17.0 Å². The third-order valence-electron chi connectivity index (χ3n) is 4.87. The largest absolute Gasteiger partial charge is 0.383 e. The molecule has 0 unspecified atom stereocenters. The molecule has 0 radical (unpaired) electrons. The van der Waals surface area contributed by atoms with Gasteiger partial charge in [0.05, 0.1) is 12.6 Å². The summed E-state index contributed by atoms with van der Waals surface area (Å²) in [6.45, 7) is 4.07. The summed E-state index contributed by atoms with van der Waals surface area (Å²) in [5.41, 5.74) is 0.950. The number of aryl methyl sites for hydroxylation is 1. The number of hydrogen-bond acceptors (Lipinski definition) is 6. The van der Waals surface area contributed by atoms with Gasteiger partial charge in [0.2, 0.25) is 11.8 Å². The third kappa shape index (κ3) is 4.97. The minimum atomic E-state index is -0.292. The highest BCUT2D eigenvalue weighted by molar-refractivity contribution is 5.92. The predicted molar refractivity (Wildman–Crippen MR) is 111 cm³/mol. The first kappa shape index (κ1) is 22.5. The van der Waals surface area contributed by atoms with Gasteiger partial charge in [-0.3, -0.25) is 23.9 Å². The molecule has 1 atom stereocenters. The second-order valence-corrected chi connectivity index (χ2v) is 6.74. The summed E-state index contributed by atoms with van der Waals surface area (Å²) in [6.07, 6.45) is 1.40. The topological polar surface area (TPSA) is 106 Å². The van der Waals surface area contributed by atoms with E-state index in [-0.39, 0.29) is 36.3 Å². The first-order valence-electron chi connectivity index (χ1n) is 9.76. The highest BCUT2D eigenvalue weighted by Gasteiger charge is 2.21. The summed E-state index contributed by atoms with van der Waals surface area (Å²) in [4.78, 5) is 47.4. The van der Waals surface area contributed by atoms with Gasteiger partial charge >= 0.3 is 0 Å². The van der Waals surface area contributed by atoms with Gasteiger partial charge in [0, 0.05) is 40.5 Å². The molecule has 0 aliphatic rings. The van der Waals surface area contributed by atoms with Crippen molar-refractivity contribution in [3.8, 4) is 0 Å². The Morgan fingerprint density at radius 2 is 2.00 bits per heavy atom. The van der Waals surface area contributed by atoms with Crippen LogP contribution in [0, 0.1) is 0 Å². The number of carbonyl (C=O) groups is 2. The summed E-state index contributed by atoms with van der Waals surface area (Å²) in [5, 5.41) is 2.55. The molecule has 0 saturated heterocycles. The minimum absolute atomic E-state index is 0.0789. The molecule has 9 heteroatoms. The standard InChI is InChI=1S/C20H29N5O4/c1-6-13(12-29-5)25-19-14(8-10-16(23-19)24(4)18(27)7-2)22-15(20(25)28)9-11-17(26)21-3/h8,10,13H,6-7,9,11-12H2,1-5H3,(H,21,26)/t13-/m1/s1. The first-order chi connectivity index (χ1) is 13.9. The van der Waals surface area contributed by atoms with E-state index in [2.05, 4.69) is 15.3 Å². The van der Waals surface area contributed by atoms with Crippen molar-refractivity contribution in [3.63, 3.8) is 0 Å². The Morgan fingerprint density at radius 1 is 1.28 bits per heavy atom. The quantitative estimate of drug-likeness (QED) is 0.679. The molecule has 0 aromatic carbocycles. The average Bonchev–Trinajstić information content (AvgIpc) is 2.74. The SMILES string of the molecule is CCC(=O)N(C)c1ccc2nc(CCC(=O)NC)c(=O)n([C@H](CC)COC)c2n1. The molecule has 2 rings (SSSR count). The molecule has 158 valence electrons. The zero-order valence-electron chi connectivity index (χ0n) is 17.7. The van der Waals surface area contributed by atoms with E-state index in [1.165, 1.54) is 4.90 Å². The number of aromatic nitrogens is 3. The van der Waals surface area contributed by atoms with Crippen molar-refractivity contribution in [2.75, 3.05) is 32.7 Å². The molecule has 0 bridgehead atoms. The van der Waals surface area contributed by atoms with Gasteiger partial charge in [-0.15, -0.1) is 0 Å². The number of nitrogens with one attached hydrogen (secondary N) is 1. The molecule has 2 aromatic rings. The summed E-state index contributed by atoms with van der Waals surface area (Å²) in [5.74, 6) is 0.212. The Balaban J connectivity index is 2.67. The molecule has 0 aliphatic carbocycles. The first-order valence-corrected chi connectivity index (χ1v) is 9.76. The lowest BCUT2D eigenvalue weighted by Gasteiger charge is -2.22. The van der Waals surface area contributed by atoms with E-state index < -0.39 is 0 Å². The normalized spacial score (nSPS) is 12.0. The number of anilines is 1. The average molecular weight is 403 g/mol. The summed E-state index contributed by atoms with van der Waals surface area (Å²) in [6, 6.07) is 3.21. The highest BCUT2D eigenvalue weighted by Crippen LogP contribution is 2.20. The smallest absolute Gasteiger partial charge is 0.274 e. The van der Waals surface area contributed by atoms with Crippen LogP contribution in [0.25, 0.3) is 11.2 Å². The van der Waals surface area contributed by atoms with Crippen molar-refractivity contribution in [1.82, 2.24) is 19.9 Å². The molecule has 2 amide bonds. The van der Waals surface area contributed by atoms with Crippen LogP contribution < -0.4 is 15.8 Å². The van der Waals surface area contributed by atoms with Gasteiger partial charge in [-0.25, -0.2) is 9.97 Å². The van der Waals surface area contributed by atoms with E-state index in [0.717, 1.165) is 0 Å². The molecule has 1 N–H and O–H groups in total. The van der Waals surface area contributed by atoms with Crippen molar-refractivity contribution < 1.29 is 14.3 Å². The van der Waals surface area contributed by atoms with E-state index in [1.807, 2.05) is 6.92 Å². The molecule has 9 nitrogen and oxygen atoms in total. The van der Waals surface area contributed by atoms with E-state index in [4.69, 9.17) is 4.74 Å². The summed E-state index contributed by atoms with van der Waals surface area (Å²) >= 11 is 0. The Morgan fingerprint density at radius 3 is 2.59 bits per heavy atom. The Kier molecular flexibility index (Phi) is 7.83. The number of amides is 2. The zero-order chi connectivity index (χ0) is 21.6. The third-order valence-corrected chi connectivity index (χ3v) is 4.87. The van der Waals surface area contributed by atoms with Crippen LogP contribution in [0.4, 0.5) is 5.82 Å². The summed E-state index contributed by atoms with van der Waals surface area (Å²) < 4.78 is 6.89. The fraction of sp³-hybridized carbons (Fsp3) is 0.550. The molecule has 0 saturated carbocycles. The Labute approximate surface area is 170 Å². The van der Waals surface area contributed by atoms with Crippen molar-refractivity contribution in [3.05, 3.63) is 28.2 Å². The summed E-state index contributed by atoms with van der Waals surface area (Å²) in [7, 11) is 4.79. The number of pyridine rings is 1. The number of rotatable bonds is 9. The molecule has 0 spiro atoms. The Hall–Kier alpha value is -2.81. The number of fused-ring (bicyclic) bond motifs is 1. The van der Waals surface area contributed by atoms with Gasteiger partial charge in [0.25, 0.3) is 5.56 Å². The second kappa shape index (κ2) is 10.1. The molecule has 0 aliphatic heterocycles. The lowest BCUT2D eigenvalue weighted by atomic mass is 10.2. The van der Waals surface area contributed by atoms with Crippen molar-refractivity contribution in [2.24, 2.45) is 0 Å². The lowest BCUT2D eigenvalue weighted by molar-refractivity contribution is -0.120. The zero-order valence-corrected chi connectivity index (χ0v) is 17.7. The fourth-order valence-corrected chi connectivity index (χ4v) is 3.10. The second-order valence-electron chi connectivity index (χ2n) is 6.74. The van der Waals surface area contributed by atoms with Crippen molar-refractivity contribution in [1.29, 1.82) is 0 Å². The molecule has 0 fully saturated rings. The van der Waals surface area contributed by atoms with Gasteiger partial charge in [-0.05, 0) is 18.6 Å². The van der Waals surface area contributed by atoms with Crippen LogP contribution in [0.5, 0.6) is 0 Å². The van der Waals surface area contributed by atoms with Crippen LogP contribution in [0.15, 0.2) is 16.9 Å². The van der Waals surface area contributed by atoms with Gasteiger partial charge < -0.3 is 10.1 Å². The molecule has 2 aromatic heterocycles. The van der Waals surface area contributed by atoms with Crippen molar-refractivity contribution >= 4 is 28.8 Å². The lowest BCUT2D eigenvalue weighted by Crippen LogP contribution is -2.33. The monoisotopic (exact) mass is 403 g/mol. The highest BCUT2D eigenvalue weighted by atomic mass is 16.5. The van der Waals surface area contributed by atoms with Gasteiger partial charge in [-0.1, -0.05) is 13.8 Å². The maximum Gasteiger partial charge on any atom is 0.274 e. The number of carbonyl (C=O) groups excluding carboxylic acids is 2. The van der Waals surface area contributed by atoms with Crippen LogP contribution in [-0.4, -0.2) is 54.2 Å². The van der Waals surface area contributed by atoms with Crippen LogP contribution in [0.1, 0.15) is 44.8 Å². The Bertz CT molecular complexity index is 940. The van der Waals surface area contributed by atoms with Crippen LogP contribution in [-0.2, 0) is 20.7 Å². The van der Waals surface area contributed by atoms with Gasteiger partial charge in [-0.2, -0.15) is 0 Å². The minimum Gasteiger partial charge on any atom is -0.383 e. The molecule has 2 heterocycles. The number of nitrogens with zero attached hydrogens (tertiary/aromatic N) is 4. The molecular formula is C20H29N5O4. The maximum absolute atomic E-state index is 13.2. The number of methoxy groups -OCH3 is 1. The predicted octanol–water partition coefficient (Wildman–Crippen LogP) is 1.44. The maximum atomic E-state index is 13.2. The van der Waals surface area contributed by atoms with E-state index in [0.29, 0.717) is 42.1 Å². The number of ether oxygens (including phenoxy) is 1. The van der Waals surface area contributed by atoms with Gasteiger partial charge in [0.15, 0.2) is 5.65 Å². The van der Waals surface area contributed by atoms with Crippen molar-refractivity contribution in [2.45, 2.75) is 45.6 Å². The van der Waals surface area contributed by atoms with E-state index in [1.54, 1.807) is 44.8 Å². The molecule has 29 heavy (non-hydrogen) atoms. The van der Waals surface area contributed by atoms with E-state index in [9.17, 15) is 14.4 Å². The van der Waals surface area contributed by atoms with Crippen LogP contribution in [0.3, 0.4) is 0 Å². The van der Waals surface area contributed by atoms with E-state index >= 15 is 0 Å². The molecular weight excluding hydrogens is 374 g/mol. The van der Waals surface area contributed by atoms with Crippen LogP contribution >= 0.6 is 0 Å². The number of hydrogen-bond donors (Lipinski definition) is 1. The van der Waals surface area contributed by atoms with Crippen LogP contribution in [0.2, 0.25) is 0 Å².